The van der Waals surface area contributed by atoms with Crippen LogP contribution >= 0.6 is 24.0 Å². The van der Waals surface area contributed by atoms with Crippen LogP contribution in [0.3, 0.4) is 0 Å². The van der Waals surface area contributed by atoms with Crippen molar-refractivity contribution in [2.24, 2.45) is 16.8 Å². The van der Waals surface area contributed by atoms with Gasteiger partial charge in [0.05, 0.1) is 5.69 Å². The van der Waals surface area contributed by atoms with Crippen LogP contribution in [-0.2, 0) is 0 Å². The van der Waals surface area contributed by atoms with Crippen molar-refractivity contribution in [1.29, 1.82) is 0 Å². The Balaban J connectivity index is 0.00000320. The second-order valence-corrected chi connectivity index (χ2v) is 8.85. The van der Waals surface area contributed by atoms with E-state index in [1.165, 1.54) is 38.9 Å². The van der Waals surface area contributed by atoms with Crippen LogP contribution in [0.4, 0.5) is 5.69 Å². The summed E-state index contributed by atoms with van der Waals surface area (Å²) in [4.78, 5) is 11.7. The van der Waals surface area contributed by atoms with E-state index in [4.69, 9.17) is 0 Å². The third-order valence-electron chi connectivity index (χ3n) is 6.14. The number of para-hydroxylation sites is 2. The van der Waals surface area contributed by atoms with Gasteiger partial charge >= 0.3 is 0 Å². The van der Waals surface area contributed by atoms with Crippen molar-refractivity contribution in [3.8, 4) is 5.75 Å². The summed E-state index contributed by atoms with van der Waals surface area (Å²) in [6.45, 7) is 13.1. The van der Waals surface area contributed by atoms with Gasteiger partial charge in [-0.25, -0.2) is 0 Å². The number of likely N-dealkylation sites (tertiary alicyclic amines) is 1. The van der Waals surface area contributed by atoms with Gasteiger partial charge < -0.3 is 25.1 Å². The Hall–Kier alpha value is -1.22. The number of rotatable bonds is 6. The Labute approximate surface area is 199 Å². The van der Waals surface area contributed by atoms with Crippen LogP contribution in [0.1, 0.15) is 33.1 Å². The number of hydrogen-bond donors (Lipinski definition) is 2. The van der Waals surface area contributed by atoms with Crippen molar-refractivity contribution in [3.05, 3.63) is 24.3 Å². The molecule has 0 amide bonds. The van der Waals surface area contributed by atoms with Crippen LogP contribution in [0.2, 0.25) is 0 Å². The first kappa shape index (κ1) is 25.0. The van der Waals surface area contributed by atoms with Crippen LogP contribution in [0.15, 0.2) is 29.3 Å². The molecule has 2 N–H and O–H groups in total. The summed E-state index contributed by atoms with van der Waals surface area (Å²) in [6.07, 6.45) is 3.80. The quantitative estimate of drug-likeness (QED) is 0.256. The van der Waals surface area contributed by atoms with Gasteiger partial charge in [-0.2, -0.15) is 0 Å². The van der Waals surface area contributed by atoms with E-state index in [0.29, 0.717) is 5.75 Å². The lowest BCUT2D eigenvalue weighted by atomic mass is 9.92. The highest BCUT2D eigenvalue weighted by atomic mass is 127. The van der Waals surface area contributed by atoms with Gasteiger partial charge in [-0.3, -0.25) is 4.99 Å². The van der Waals surface area contributed by atoms with Crippen molar-refractivity contribution in [3.63, 3.8) is 0 Å². The van der Waals surface area contributed by atoms with Gasteiger partial charge in [0, 0.05) is 52.9 Å². The zero-order valence-corrected chi connectivity index (χ0v) is 21.2. The van der Waals surface area contributed by atoms with E-state index in [-0.39, 0.29) is 24.0 Å². The average molecular weight is 530 g/mol. The Morgan fingerprint density at radius 1 is 1.07 bits per heavy atom. The fourth-order valence-corrected chi connectivity index (χ4v) is 4.86. The SMILES string of the molecule is CN=C(NCCCCN1CC(C)CC(C)C1)N1CCN(c2ccccc2O)CC1.I. The molecule has 0 spiro atoms. The minimum Gasteiger partial charge on any atom is -0.506 e. The minimum absolute atomic E-state index is 0. The van der Waals surface area contributed by atoms with E-state index >= 15 is 0 Å². The first-order chi connectivity index (χ1) is 14.1. The van der Waals surface area contributed by atoms with E-state index in [2.05, 4.69) is 38.9 Å². The lowest BCUT2D eigenvalue weighted by molar-refractivity contribution is 0.139. The predicted molar refractivity (Wildman–Crippen MR) is 137 cm³/mol. The molecule has 0 aliphatic carbocycles. The molecular weight excluding hydrogens is 489 g/mol. The number of nitrogens with zero attached hydrogens (tertiary/aromatic N) is 4. The van der Waals surface area contributed by atoms with Crippen LogP contribution in [0.25, 0.3) is 0 Å². The number of phenols is 1. The number of aliphatic imine (C=N–C) groups is 1. The molecule has 6 nitrogen and oxygen atoms in total. The van der Waals surface area contributed by atoms with Gasteiger partial charge in [0.1, 0.15) is 5.75 Å². The summed E-state index contributed by atoms with van der Waals surface area (Å²) in [5.41, 5.74) is 0.927. The molecule has 2 aliphatic heterocycles. The molecule has 2 unspecified atom stereocenters. The first-order valence-electron chi connectivity index (χ1n) is 11.3. The standard InChI is InChI=1S/C23H39N5O.HI/c1-19-16-20(2)18-26(17-19)11-7-6-10-25-23(24-3)28-14-12-27(13-15-28)21-8-4-5-9-22(21)29;/h4-5,8-9,19-20,29H,6-7,10-18H2,1-3H3,(H,24,25);1H. The summed E-state index contributed by atoms with van der Waals surface area (Å²) in [5.74, 6) is 3.04. The molecule has 0 radical (unpaired) electrons. The Morgan fingerprint density at radius 2 is 1.73 bits per heavy atom. The van der Waals surface area contributed by atoms with Gasteiger partial charge in [0.2, 0.25) is 0 Å². The van der Waals surface area contributed by atoms with Crippen molar-refractivity contribution in [2.75, 3.05) is 64.3 Å². The largest absolute Gasteiger partial charge is 0.506 e. The summed E-state index contributed by atoms with van der Waals surface area (Å²) in [5, 5.41) is 13.6. The maximum absolute atomic E-state index is 10.1. The molecular formula is C23H40IN5O. The fourth-order valence-electron chi connectivity index (χ4n) is 4.86. The topological polar surface area (TPSA) is 54.3 Å². The minimum atomic E-state index is 0. The number of anilines is 1. The van der Waals surface area contributed by atoms with E-state index in [0.717, 1.165) is 56.2 Å². The lowest BCUT2D eigenvalue weighted by Crippen LogP contribution is -2.52. The number of piperazine rings is 1. The Kier molecular flexibility index (Phi) is 10.5. The second-order valence-electron chi connectivity index (χ2n) is 8.85. The summed E-state index contributed by atoms with van der Waals surface area (Å²) >= 11 is 0. The Morgan fingerprint density at radius 3 is 2.37 bits per heavy atom. The third kappa shape index (κ3) is 7.18. The zero-order chi connectivity index (χ0) is 20.6. The van der Waals surface area contributed by atoms with Gasteiger partial charge in [0.15, 0.2) is 5.96 Å². The van der Waals surface area contributed by atoms with Crippen molar-refractivity contribution in [1.82, 2.24) is 15.1 Å². The van der Waals surface area contributed by atoms with Crippen molar-refractivity contribution < 1.29 is 5.11 Å². The molecule has 3 rings (SSSR count). The molecule has 2 fully saturated rings. The zero-order valence-electron chi connectivity index (χ0n) is 18.9. The number of aromatic hydroxyl groups is 1. The molecule has 1 aromatic rings. The number of halogens is 1. The van der Waals surface area contributed by atoms with Gasteiger partial charge in [-0.05, 0) is 49.8 Å². The van der Waals surface area contributed by atoms with Crippen LogP contribution < -0.4 is 10.2 Å². The van der Waals surface area contributed by atoms with E-state index in [1.807, 2.05) is 25.2 Å². The van der Waals surface area contributed by atoms with Crippen molar-refractivity contribution in [2.45, 2.75) is 33.1 Å². The molecule has 30 heavy (non-hydrogen) atoms. The molecule has 2 atom stereocenters. The van der Waals surface area contributed by atoms with E-state index in [1.54, 1.807) is 6.07 Å². The number of guanidine groups is 1. The predicted octanol–water partition coefficient (Wildman–Crippen LogP) is 3.47. The number of unbranched alkanes of at least 4 members (excludes halogenated alkanes) is 1. The van der Waals surface area contributed by atoms with E-state index < -0.39 is 0 Å². The van der Waals surface area contributed by atoms with Crippen LogP contribution in [0.5, 0.6) is 5.75 Å². The molecule has 2 aliphatic rings. The number of benzene rings is 1. The summed E-state index contributed by atoms with van der Waals surface area (Å²) < 4.78 is 0. The highest BCUT2D eigenvalue weighted by Crippen LogP contribution is 2.27. The molecule has 1 aromatic carbocycles. The number of nitrogens with one attached hydrogen (secondary N) is 1. The normalized spacial score (nSPS) is 23.2. The molecule has 0 aromatic heterocycles. The highest BCUT2D eigenvalue weighted by Gasteiger charge is 2.22. The Bertz CT molecular complexity index is 653. The molecule has 0 bridgehead atoms. The smallest absolute Gasteiger partial charge is 0.193 e. The fraction of sp³-hybridized carbons (Fsp3) is 0.696. The summed E-state index contributed by atoms with van der Waals surface area (Å²) in [7, 11) is 1.87. The second kappa shape index (κ2) is 12.6. The molecule has 7 heteroatoms. The molecule has 2 heterocycles. The maximum Gasteiger partial charge on any atom is 0.193 e. The molecule has 2 saturated heterocycles. The number of phenolic OH excluding ortho intramolecular Hbond substituents is 1. The van der Waals surface area contributed by atoms with Crippen LogP contribution in [-0.4, -0.2) is 80.3 Å². The van der Waals surface area contributed by atoms with Gasteiger partial charge in [-0.1, -0.05) is 26.0 Å². The summed E-state index contributed by atoms with van der Waals surface area (Å²) in [6, 6.07) is 7.59. The van der Waals surface area contributed by atoms with Gasteiger partial charge in [0.25, 0.3) is 0 Å². The molecule has 170 valence electrons. The monoisotopic (exact) mass is 529 g/mol. The van der Waals surface area contributed by atoms with Crippen LogP contribution in [0, 0.1) is 11.8 Å². The van der Waals surface area contributed by atoms with Gasteiger partial charge in [-0.15, -0.1) is 24.0 Å². The maximum atomic E-state index is 10.1. The number of piperidine rings is 1. The third-order valence-corrected chi connectivity index (χ3v) is 6.14. The lowest BCUT2D eigenvalue weighted by Gasteiger charge is -2.38. The molecule has 0 saturated carbocycles. The van der Waals surface area contributed by atoms with Crippen molar-refractivity contribution >= 4 is 35.6 Å². The average Bonchev–Trinajstić information content (AvgIpc) is 2.71. The first-order valence-corrected chi connectivity index (χ1v) is 11.3. The number of hydrogen-bond acceptors (Lipinski definition) is 4. The highest BCUT2D eigenvalue weighted by molar-refractivity contribution is 14.0. The van der Waals surface area contributed by atoms with E-state index in [9.17, 15) is 5.11 Å².